The molecule has 2 aromatic carbocycles. The number of halogens is 2. The van der Waals surface area contributed by atoms with E-state index in [1.54, 1.807) is 6.07 Å². The second kappa shape index (κ2) is 8.35. The van der Waals surface area contributed by atoms with Crippen LogP contribution in [0.2, 0.25) is 0 Å². The SMILES string of the molecule is CC(NC(=O)c1cccc(I)c1)c1cc(F)ccc1N1CCN(C)CC1. The molecule has 1 unspecified atom stereocenters. The molecule has 4 nitrogen and oxygen atoms in total. The summed E-state index contributed by atoms with van der Waals surface area (Å²) in [6, 6.07) is 12.0. The van der Waals surface area contributed by atoms with Gasteiger partial charge in [0.05, 0.1) is 6.04 Å². The van der Waals surface area contributed by atoms with Crippen molar-refractivity contribution in [1.29, 1.82) is 0 Å². The molecule has 1 N–H and O–H groups in total. The highest BCUT2D eigenvalue weighted by Gasteiger charge is 2.21. The van der Waals surface area contributed by atoms with Gasteiger partial charge >= 0.3 is 0 Å². The summed E-state index contributed by atoms with van der Waals surface area (Å²) in [6.45, 7) is 5.64. The van der Waals surface area contributed by atoms with E-state index in [1.807, 2.05) is 31.2 Å². The molecular weight excluding hydrogens is 444 g/mol. The van der Waals surface area contributed by atoms with E-state index in [0.717, 1.165) is 41.0 Å². The molecule has 26 heavy (non-hydrogen) atoms. The van der Waals surface area contributed by atoms with Crippen LogP contribution in [0, 0.1) is 9.39 Å². The van der Waals surface area contributed by atoms with E-state index in [0.29, 0.717) is 5.56 Å². The minimum atomic E-state index is -0.286. The number of nitrogens with one attached hydrogen (secondary N) is 1. The Bertz CT molecular complexity index is 790. The van der Waals surface area contributed by atoms with Crippen LogP contribution in [0.4, 0.5) is 10.1 Å². The molecule has 0 aromatic heterocycles. The summed E-state index contributed by atoms with van der Waals surface area (Å²) in [7, 11) is 2.10. The van der Waals surface area contributed by atoms with Gasteiger partial charge in [0.2, 0.25) is 0 Å². The smallest absolute Gasteiger partial charge is 0.251 e. The lowest BCUT2D eigenvalue weighted by atomic mass is 10.0. The van der Waals surface area contributed by atoms with Gasteiger partial charge in [-0.15, -0.1) is 0 Å². The van der Waals surface area contributed by atoms with Crippen LogP contribution in [0.1, 0.15) is 28.9 Å². The summed E-state index contributed by atoms with van der Waals surface area (Å²) in [6.07, 6.45) is 0. The van der Waals surface area contributed by atoms with Gasteiger partial charge in [0, 0.05) is 46.6 Å². The molecule has 3 rings (SSSR count). The van der Waals surface area contributed by atoms with Crippen molar-refractivity contribution in [3.63, 3.8) is 0 Å². The lowest BCUT2D eigenvalue weighted by Crippen LogP contribution is -2.45. The van der Waals surface area contributed by atoms with Crippen molar-refractivity contribution < 1.29 is 9.18 Å². The van der Waals surface area contributed by atoms with Gasteiger partial charge in [0.1, 0.15) is 5.82 Å². The van der Waals surface area contributed by atoms with Gasteiger partial charge in [-0.1, -0.05) is 6.07 Å². The van der Waals surface area contributed by atoms with E-state index in [2.05, 4.69) is 44.8 Å². The summed E-state index contributed by atoms with van der Waals surface area (Å²) in [5.74, 6) is -0.433. The number of amides is 1. The van der Waals surface area contributed by atoms with Gasteiger partial charge in [0.25, 0.3) is 5.91 Å². The van der Waals surface area contributed by atoms with Crippen molar-refractivity contribution in [3.8, 4) is 0 Å². The molecule has 0 spiro atoms. The van der Waals surface area contributed by atoms with Crippen molar-refractivity contribution in [2.24, 2.45) is 0 Å². The molecule has 0 aliphatic carbocycles. The first-order valence-corrected chi connectivity index (χ1v) is 9.81. The van der Waals surface area contributed by atoms with Gasteiger partial charge in [-0.05, 0) is 73.0 Å². The van der Waals surface area contributed by atoms with E-state index in [-0.39, 0.29) is 17.8 Å². The average Bonchev–Trinajstić information content (AvgIpc) is 2.62. The minimum Gasteiger partial charge on any atom is -0.369 e. The van der Waals surface area contributed by atoms with Gasteiger partial charge in [-0.2, -0.15) is 0 Å². The average molecular weight is 467 g/mol. The van der Waals surface area contributed by atoms with Crippen LogP contribution in [-0.4, -0.2) is 44.0 Å². The van der Waals surface area contributed by atoms with E-state index >= 15 is 0 Å². The predicted octanol–water partition coefficient (Wildman–Crippen LogP) is 3.67. The van der Waals surface area contributed by atoms with Crippen LogP contribution in [0.25, 0.3) is 0 Å². The maximum absolute atomic E-state index is 13.9. The third-order valence-corrected chi connectivity index (χ3v) is 5.41. The molecule has 0 saturated carbocycles. The number of nitrogens with zero attached hydrogens (tertiary/aromatic N) is 2. The number of carbonyl (C=O) groups excluding carboxylic acids is 1. The molecule has 6 heteroatoms. The van der Waals surface area contributed by atoms with E-state index in [9.17, 15) is 9.18 Å². The van der Waals surface area contributed by atoms with Crippen LogP contribution in [0.3, 0.4) is 0 Å². The molecule has 1 atom stereocenters. The number of likely N-dealkylation sites (N-methyl/N-ethyl adjacent to an activating group) is 1. The molecular formula is C20H23FIN3O. The van der Waals surface area contributed by atoms with Gasteiger partial charge < -0.3 is 15.1 Å². The molecule has 0 radical (unpaired) electrons. The molecule has 1 fully saturated rings. The van der Waals surface area contributed by atoms with Crippen LogP contribution in [-0.2, 0) is 0 Å². The molecule has 1 saturated heterocycles. The Hall–Kier alpha value is -1.67. The van der Waals surface area contributed by atoms with Crippen LogP contribution in [0.5, 0.6) is 0 Å². The van der Waals surface area contributed by atoms with E-state index in [1.165, 1.54) is 12.1 Å². The molecule has 1 aliphatic rings. The Morgan fingerprint density at radius 3 is 2.58 bits per heavy atom. The number of anilines is 1. The predicted molar refractivity (Wildman–Crippen MR) is 111 cm³/mol. The Labute approximate surface area is 167 Å². The Balaban J connectivity index is 1.81. The zero-order valence-corrected chi connectivity index (χ0v) is 17.2. The third kappa shape index (κ3) is 4.54. The number of rotatable bonds is 4. The fourth-order valence-corrected chi connectivity index (χ4v) is 3.74. The molecule has 0 bridgehead atoms. The van der Waals surface area contributed by atoms with Crippen LogP contribution >= 0.6 is 22.6 Å². The molecule has 1 aliphatic heterocycles. The normalized spacial score (nSPS) is 16.4. The summed E-state index contributed by atoms with van der Waals surface area (Å²) in [5.41, 5.74) is 2.42. The fourth-order valence-electron chi connectivity index (χ4n) is 3.19. The van der Waals surface area contributed by atoms with Gasteiger partial charge in [0.15, 0.2) is 0 Å². The summed E-state index contributed by atoms with van der Waals surface area (Å²) >= 11 is 2.18. The summed E-state index contributed by atoms with van der Waals surface area (Å²) < 4.78 is 14.9. The largest absolute Gasteiger partial charge is 0.369 e. The first-order valence-electron chi connectivity index (χ1n) is 8.73. The lowest BCUT2D eigenvalue weighted by molar-refractivity contribution is 0.0940. The molecule has 1 heterocycles. The van der Waals surface area contributed by atoms with Crippen LogP contribution in [0.15, 0.2) is 42.5 Å². The first-order chi connectivity index (χ1) is 12.4. The zero-order chi connectivity index (χ0) is 18.7. The second-order valence-electron chi connectivity index (χ2n) is 6.70. The maximum atomic E-state index is 13.9. The summed E-state index contributed by atoms with van der Waals surface area (Å²) in [4.78, 5) is 17.1. The van der Waals surface area contributed by atoms with Crippen LogP contribution < -0.4 is 10.2 Å². The van der Waals surface area contributed by atoms with Gasteiger partial charge in [-0.3, -0.25) is 4.79 Å². The Kier molecular flexibility index (Phi) is 6.13. The molecule has 2 aromatic rings. The van der Waals surface area contributed by atoms with E-state index < -0.39 is 0 Å². The number of piperazine rings is 1. The van der Waals surface area contributed by atoms with Crippen molar-refractivity contribution in [3.05, 3.63) is 63.0 Å². The van der Waals surface area contributed by atoms with Gasteiger partial charge in [-0.25, -0.2) is 4.39 Å². The maximum Gasteiger partial charge on any atom is 0.251 e. The molecule has 1 amide bonds. The zero-order valence-electron chi connectivity index (χ0n) is 15.0. The third-order valence-electron chi connectivity index (χ3n) is 4.73. The van der Waals surface area contributed by atoms with Crippen molar-refractivity contribution in [2.75, 3.05) is 38.1 Å². The highest BCUT2D eigenvalue weighted by molar-refractivity contribution is 14.1. The monoisotopic (exact) mass is 467 g/mol. The highest BCUT2D eigenvalue weighted by atomic mass is 127. The summed E-state index contributed by atoms with van der Waals surface area (Å²) in [5, 5.41) is 3.01. The van der Waals surface area contributed by atoms with E-state index in [4.69, 9.17) is 0 Å². The second-order valence-corrected chi connectivity index (χ2v) is 7.94. The Morgan fingerprint density at radius 1 is 1.15 bits per heavy atom. The quantitative estimate of drug-likeness (QED) is 0.698. The lowest BCUT2D eigenvalue weighted by Gasteiger charge is -2.36. The molecule has 138 valence electrons. The number of carbonyl (C=O) groups is 1. The van der Waals surface area contributed by atoms with Crippen molar-refractivity contribution >= 4 is 34.2 Å². The fraction of sp³-hybridized carbons (Fsp3) is 0.350. The Morgan fingerprint density at radius 2 is 1.88 bits per heavy atom. The number of benzene rings is 2. The van der Waals surface area contributed by atoms with Crippen molar-refractivity contribution in [1.82, 2.24) is 10.2 Å². The van der Waals surface area contributed by atoms with Crippen molar-refractivity contribution in [2.45, 2.75) is 13.0 Å². The highest BCUT2D eigenvalue weighted by Crippen LogP contribution is 2.28. The first kappa shape index (κ1) is 19.1. The standard InChI is InChI=1S/C20H23FIN3O/c1-14(23-20(26)15-4-3-5-17(22)12-15)18-13-16(21)6-7-19(18)25-10-8-24(2)9-11-25/h3-7,12-14H,8-11H2,1-2H3,(H,23,26). The topological polar surface area (TPSA) is 35.6 Å². The number of hydrogen-bond acceptors (Lipinski definition) is 3. The number of hydrogen-bond donors (Lipinski definition) is 1. The minimum absolute atomic E-state index is 0.149.